The van der Waals surface area contributed by atoms with Crippen LogP contribution < -0.4 is 0 Å². The van der Waals surface area contributed by atoms with Crippen molar-refractivity contribution in [3.63, 3.8) is 0 Å². The molecule has 0 unspecified atom stereocenters. The van der Waals surface area contributed by atoms with E-state index in [1.165, 1.54) is 6.07 Å². The SMILES string of the molecule is N#Cc1cc(-c2cccc(-n3c4cccc(-c5ccccc5)c4c4c5oc6ccccc6c5ccc43)c2)cc(-n2c3ccccc3c3ccc4oc5ccccc5c4c32)c1.N#Cc1cc(-c2cccc(-n3c4ccccc4c4cc(F)c5oc6ccccc6c5c43)c2)cc(-n2c3ccc(F)cc3c3ccc4oc5ccccc5c4c32)c1. The van der Waals surface area contributed by atoms with Crippen molar-refractivity contribution in [1.82, 2.24) is 18.3 Å². The molecule has 25 rings (SSSR count). The van der Waals surface area contributed by atoms with Gasteiger partial charge in [-0.2, -0.15) is 10.5 Å². The number of hydrogen-bond donors (Lipinski definition) is 0. The largest absolute Gasteiger partial charge is 0.456 e. The average Bonchev–Trinajstić information content (AvgIpc) is 1.57. The molecule has 0 bridgehead atoms. The van der Waals surface area contributed by atoms with Crippen LogP contribution in [0.4, 0.5) is 8.78 Å². The van der Waals surface area contributed by atoms with Crippen molar-refractivity contribution < 1.29 is 26.4 Å². The molecular formula is C104H56F2N6O4. The Kier molecular flexibility index (Phi) is 13.8. The van der Waals surface area contributed by atoms with E-state index in [0.717, 1.165) is 215 Å². The predicted molar refractivity (Wildman–Crippen MR) is 465 cm³/mol. The summed E-state index contributed by atoms with van der Waals surface area (Å²) in [6, 6.07) is 119. The van der Waals surface area contributed by atoms with E-state index in [0.29, 0.717) is 22.1 Å². The van der Waals surface area contributed by atoms with Gasteiger partial charge in [-0.1, -0.05) is 176 Å². The van der Waals surface area contributed by atoms with Crippen LogP contribution in [0.1, 0.15) is 11.1 Å². The zero-order chi connectivity index (χ0) is 76.7. The number of furan rings is 4. The van der Waals surface area contributed by atoms with Gasteiger partial charge in [-0.15, -0.1) is 0 Å². The van der Waals surface area contributed by atoms with E-state index in [4.69, 9.17) is 17.7 Å². The molecule has 0 radical (unpaired) electrons. The Morgan fingerprint density at radius 1 is 0.233 bits per heavy atom. The molecule has 8 heterocycles. The molecule has 0 spiro atoms. The zero-order valence-electron chi connectivity index (χ0n) is 61.4. The van der Waals surface area contributed by atoms with Gasteiger partial charge in [0, 0.05) is 87.4 Å². The van der Waals surface area contributed by atoms with Crippen molar-refractivity contribution >= 4 is 175 Å². The molecule has 0 saturated heterocycles. The molecule has 0 N–H and O–H groups in total. The monoisotopic (exact) mass is 1490 g/mol. The molecule has 17 aromatic carbocycles. The first-order valence-corrected chi connectivity index (χ1v) is 38.4. The summed E-state index contributed by atoms with van der Waals surface area (Å²) in [4.78, 5) is 0. The van der Waals surface area contributed by atoms with Crippen LogP contribution in [-0.2, 0) is 0 Å². The fraction of sp³-hybridized carbons (Fsp3) is 0. The number of benzene rings is 17. The highest BCUT2D eigenvalue weighted by molar-refractivity contribution is 6.30. The molecule has 0 atom stereocenters. The van der Waals surface area contributed by atoms with Gasteiger partial charge >= 0.3 is 0 Å². The van der Waals surface area contributed by atoms with Gasteiger partial charge in [0.15, 0.2) is 11.4 Å². The summed E-state index contributed by atoms with van der Waals surface area (Å²) in [5, 5.41) is 36.6. The third-order valence-electron chi connectivity index (χ3n) is 23.5. The summed E-state index contributed by atoms with van der Waals surface area (Å²) in [6.45, 7) is 0. The van der Waals surface area contributed by atoms with Crippen molar-refractivity contribution in [2.75, 3.05) is 0 Å². The third-order valence-corrected chi connectivity index (χ3v) is 23.5. The minimum Gasteiger partial charge on any atom is -0.456 e. The number of hydrogen-bond acceptors (Lipinski definition) is 6. The fourth-order valence-corrected chi connectivity index (χ4v) is 18.7. The molecule has 0 fully saturated rings. The van der Waals surface area contributed by atoms with Crippen LogP contribution >= 0.6 is 0 Å². The van der Waals surface area contributed by atoms with E-state index < -0.39 is 5.82 Å². The molecule has 0 aliphatic rings. The molecule has 116 heavy (non-hydrogen) atoms. The number of halogens is 2. The summed E-state index contributed by atoms with van der Waals surface area (Å²) in [6.07, 6.45) is 0. The van der Waals surface area contributed by atoms with Crippen LogP contribution in [0.5, 0.6) is 0 Å². The van der Waals surface area contributed by atoms with E-state index in [1.807, 2.05) is 152 Å². The van der Waals surface area contributed by atoms with E-state index in [1.54, 1.807) is 18.2 Å². The number of aromatic nitrogens is 4. The van der Waals surface area contributed by atoms with Gasteiger partial charge in [0.1, 0.15) is 44.9 Å². The summed E-state index contributed by atoms with van der Waals surface area (Å²) in [5.41, 5.74) is 24.1. The van der Waals surface area contributed by atoms with Crippen molar-refractivity contribution in [1.29, 1.82) is 10.5 Å². The molecule has 0 aliphatic carbocycles. The summed E-state index contributed by atoms with van der Waals surface area (Å²) in [7, 11) is 0. The lowest BCUT2D eigenvalue weighted by atomic mass is 9.98. The third kappa shape index (κ3) is 9.47. The Morgan fingerprint density at radius 3 is 1.28 bits per heavy atom. The first-order chi connectivity index (χ1) is 57.2. The highest BCUT2D eigenvalue weighted by Crippen LogP contribution is 2.49. The van der Waals surface area contributed by atoms with Crippen molar-refractivity contribution in [2.24, 2.45) is 0 Å². The zero-order valence-corrected chi connectivity index (χ0v) is 61.4. The average molecular weight is 1490 g/mol. The van der Waals surface area contributed by atoms with Gasteiger partial charge < -0.3 is 35.9 Å². The minimum absolute atomic E-state index is 0.218. The lowest BCUT2D eigenvalue weighted by molar-refractivity contribution is 0.585. The number of nitrogens with zero attached hydrogens (tertiary/aromatic N) is 6. The minimum atomic E-state index is -0.408. The quantitative estimate of drug-likeness (QED) is 0.157. The number of nitriles is 2. The second kappa shape index (κ2) is 24.7. The molecular weight excluding hydrogens is 1440 g/mol. The van der Waals surface area contributed by atoms with E-state index in [-0.39, 0.29) is 11.4 Å². The molecule has 8 aromatic heterocycles. The summed E-state index contributed by atoms with van der Waals surface area (Å²) in [5.74, 6) is -0.736. The maximum atomic E-state index is 15.8. The van der Waals surface area contributed by atoms with Gasteiger partial charge in [-0.05, 0) is 197 Å². The highest BCUT2D eigenvalue weighted by atomic mass is 19.1. The number of para-hydroxylation sites is 6. The van der Waals surface area contributed by atoms with Crippen molar-refractivity contribution in [2.45, 2.75) is 0 Å². The number of rotatable bonds is 7. The predicted octanol–water partition coefficient (Wildman–Crippen LogP) is 28.4. The second-order valence-electron chi connectivity index (χ2n) is 29.8. The topological polar surface area (TPSA) is 120 Å². The molecule has 540 valence electrons. The maximum absolute atomic E-state index is 15.8. The standard InChI is InChI=1S/C55H31N3O2.C49H25F2N3O2/c56-32-33-28-36(31-38(29-33)58-45-20-7-4-16-40(45)42-25-27-50-52(54(42)58)44-18-6-9-23-49(44)59-50)35-14-10-15-37(30-35)57-46-21-11-19-39(34-12-2-1-3-13-34)51(46)53-47(57)26-24-43-41-17-5-8-22-48(41)60-55(43)53;50-30-16-18-41-37(24-30)34-17-19-44-45(35-11-2-5-14-42(35)55-44)47(34)54(41)32-21-27(26-52)20-29(23-32)28-8-7-9-31(22-28)53-40-13-4-1-10-33(40)38-25-39(51)49-46(48(38)53)36-12-3-6-15-43(36)56-49/h1-31H;1-25H. The van der Waals surface area contributed by atoms with Crippen molar-refractivity contribution in [3.8, 4) is 68.3 Å². The first kappa shape index (κ1) is 64.8. The van der Waals surface area contributed by atoms with Gasteiger partial charge in [0.05, 0.1) is 88.9 Å². The number of fused-ring (bicyclic) bond motifs is 28. The lowest BCUT2D eigenvalue weighted by Gasteiger charge is -2.14. The lowest BCUT2D eigenvalue weighted by Crippen LogP contribution is -1.98. The van der Waals surface area contributed by atoms with Gasteiger partial charge in [0.25, 0.3) is 0 Å². The van der Waals surface area contributed by atoms with Crippen LogP contribution in [0.2, 0.25) is 0 Å². The van der Waals surface area contributed by atoms with Crippen molar-refractivity contribution in [3.05, 3.63) is 362 Å². The van der Waals surface area contributed by atoms with E-state index >= 15 is 4.39 Å². The molecule has 0 aliphatic heterocycles. The Labute approximate surface area is 657 Å². The van der Waals surface area contributed by atoms with E-state index in [2.05, 4.69) is 194 Å². The van der Waals surface area contributed by atoms with Gasteiger partial charge in [-0.25, -0.2) is 8.78 Å². The van der Waals surface area contributed by atoms with E-state index in [9.17, 15) is 14.9 Å². The second-order valence-corrected chi connectivity index (χ2v) is 29.8. The Balaban J connectivity index is 0.000000134. The molecule has 25 aromatic rings. The Morgan fingerprint density at radius 2 is 0.664 bits per heavy atom. The highest BCUT2D eigenvalue weighted by Gasteiger charge is 2.28. The van der Waals surface area contributed by atoms with Crippen LogP contribution in [-0.4, -0.2) is 18.3 Å². The smallest absolute Gasteiger partial charge is 0.173 e. The molecule has 0 amide bonds. The van der Waals surface area contributed by atoms with Gasteiger partial charge in [-0.3, -0.25) is 0 Å². The van der Waals surface area contributed by atoms with Crippen LogP contribution in [0.25, 0.3) is 231 Å². The van der Waals surface area contributed by atoms with Crippen LogP contribution in [0.3, 0.4) is 0 Å². The summed E-state index contributed by atoms with van der Waals surface area (Å²) < 4.78 is 65.2. The van der Waals surface area contributed by atoms with Gasteiger partial charge in [0.2, 0.25) is 0 Å². The molecule has 0 saturated carbocycles. The maximum Gasteiger partial charge on any atom is 0.173 e. The fourth-order valence-electron chi connectivity index (χ4n) is 18.7. The Hall–Kier alpha value is -16.0. The Bertz CT molecular complexity index is 8680. The first-order valence-electron chi connectivity index (χ1n) is 38.4. The molecule has 12 heteroatoms. The van der Waals surface area contributed by atoms with Crippen LogP contribution in [0.15, 0.2) is 357 Å². The normalized spacial score (nSPS) is 12.0. The summed E-state index contributed by atoms with van der Waals surface area (Å²) >= 11 is 0. The molecule has 10 nitrogen and oxygen atoms in total. The van der Waals surface area contributed by atoms with Crippen LogP contribution in [0, 0.1) is 34.3 Å².